The van der Waals surface area contributed by atoms with Crippen LogP contribution in [-0.4, -0.2) is 19.1 Å². The van der Waals surface area contributed by atoms with Crippen molar-refractivity contribution in [1.29, 1.82) is 0 Å². The lowest BCUT2D eigenvalue weighted by molar-refractivity contribution is -0.256. The van der Waals surface area contributed by atoms with Crippen LogP contribution in [0.2, 0.25) is 20.1 Å². The first kappa shape index (κ1) is 18.4. The van der Waals surface area contributed by atoms with Gasteiger partial charge in [-0.3, -0.25) is 4.79 Å². The summed E-state index contributed by atoms with van der Waals surface area (Å²) in [5, 5.41) is 1.72. The van der Waals surface area contributed by atoms with E-state index in [4.69, 9.17) is 55.9 Å². The van der Waals surface area contributed by atoms with Gasteiger partial charge in [0.15, 0.2) is 0 Å². The fourth-order valence-electron chi connectivity index (χ4n) is 3.28. The van der Waals surface area contributed by atoms with E-state index in [9.17, 15) is 4.79 Å². The average Bonchev–Trinajstić information content (AvgIpc) is 2.85. The van der Waals surface area contributed by atoms with Crippen molar-refractivity contribution >= 4 is 58.0 Å². The van der Waals surface area contributed by atoms with E-state index in [0.29, 0.717) is 51.0 Å². The van der Waals surface area contributed by atoms with Crippen LogP contribution in [0.15, 0.2) is 30.3 Å². The van der Waals surface area contributed by atoms with E-state index in [2.05, 4.69) is 0 Å². The molecule has 0 aliphatic carbocycles. The molecule has 1 fully saturated rings. The number of hydrogen-bond acceptors (Lipinski definition) is 3. The molecule has 1 amide bonds. The van der Waals surface area contributed by atoms with Crippen molar-refractivity contribution in [3.63, 3.8) is 0 Å². The van der Waals surface area contributed by atoms with Gasteiger partial charge in [-0.05, 0) is 36.2 Å². The Morgan fingerprint density at radius 1 is 0.962 bits per heavy atom. The molecular weight excluding hydrogens is 420 g/mol. The number of fused-ring (bicyclic) bond motifs is 2. The summed E-state index contributed by atoms with van der Waals surface area (Å²) in [6, 6.07) is 8.39. The molecule has 0 aromatic heterocycles. The van der Waals surface area contributed by atoms with Gasteiger partial charge in [-0.1, -0.05) is 52.5 Å². The molecule has 2 aromatic carbocycles. The summed E-state index contributed by atoms with van der Waals surface area (Å²) < 4.78 is 11.6. The summed E-state index contributed by atoms with van der Waals surface area (Å²) in [5.74, 6) is -1.93. The van der Waals surface area contributed by atoms with Crippen molar-refractivity contribution in [2.45, 2.75) is 18.8 Å². The quantitative estimate of drug-likeness (QED) is 0.634. The van der Waals surface area contributed by atoms with Crippen LogP contribution in [0.3, 0.4) is 0 Å². The van der Waals surface area contributed by atoms with Crippen LogP contribution in [0.5, 0.6) is 0 Å². The second-order valence-corrected chi connectivity index (χ2v) is 7.70. The molecule has 0 bridgehead atoms. The number of carbonyl (C=O) groups is 1. The fraction of sp³-hybridized carbons (Fsp3) is 0.278. The molecule has 2 aliphatic rings. The lowest BCUT2D eigenvalue weighted by Crippen LogP contribution is -2.47. The van der Waals surface area contributed by atoms with Crippen LogP contribution in [-0.2, 0) is 26.6 Å². The zero-order valence-corrected chi connectivity index (χ0v) is 16.4. The molecule has 1 spiro atoms. The van der Waals surface area contributed by atoms with Crippen molar-refractivity contribution in [2.24, 2.45) is 0 Å². The summed E-state index contributed by atoms with van der Waals surface area (Å²) in [5.41, 5.74) is 1.65. The van der Waals surface area contributed by atoms with Crippen LogP contribution < -0.4 is 4.90 Å². The molecule has 26 heavy (non-hydrogen) atoms. The molecule has 2 aliphatic heterocycles. The number of rotatable bonds is 2. The van der Waals surface area contributed by atoms with Gasteiger partial charge in [0.25, 0.3) is 11.7 Å². The second kappa shape index (κ2) is 6.86. The number of hydrogen-bond donors (Lipinski definition) is 0. The number of halogens is 4. The molecule has 4 rings (SSSR count). The molecule has 0 N–H and O–H groups in total. The first-order chi connectivity index (χ1) is 12.4. The third-order valence-corrected chi connectivity index (χ3v) is 5.65. The summed E-state index contributed by atoms with van der Waals surface area (Å²) in [6.07, 6.45) is 0.700. The Morgan fingerprint density at radius 2 is 1.65 bits per heavy atom. The highest BCUT2D eigenvalue weighted by Gasteiger charge is 2.57. The van der Waals surface area contributed by atoms with Gasteiger partial charge in [-0.25, -0.2) is 0 Å². The van der Waals surface area contributed by atoms with Crippen molar-refractivity contribution in [3.05, 3.63) is 61.5 Å². The van der Waals surface area contributed by atoms with Crippen LogP contribution in [0.1, 0.15) is 17.5 Å². The molecule has 4 nitrogen and oxygen atoms in total. The van der Waals surface area contributed by atoms with Gasteiger partial charge in [-0.15, -0.1) is 0 Å². The van der Waals surface area contributed by atoms with Crippen LogP contribution >= 0.6 is 46.4 Å². The first-order valence-electron chi connectivity index (χ1n) is 7.96. The van der Waals surface area contributed by atoms with Crippen LogP contribution in [0, 0.1) is 0 Å². The van der Waals surface area contributed by atoms with Gasteiger partial charge >= 0.3 is 0 Å². The zero-order valence-electron chi connectivity index (χ0n) is 13.4. The van der Waals surface area contributed by atoms with E-state index in [1.165, 1.54) is 4.90 Å². The topological polar surface area (TPSA) is 38.8 Å². The van der Waals surface area contributed by atoms with Gasteiger partial charge in [0.1, 0.15) is 0 Å². The maximum Gasteiger partial charge on any atom is 0.292 e. The lowest BCUT2D eigenvalue weighted by atomic mass is 10.1. The number of amides is 1. The number of anilines is 1. The minimum Gasteiger partial charge on any atom is -0.338 e. The Bertz CT molecular complexity index is 896. The summed E-state index contributed by atoms with van der Waals surface area (Å²) in [4.78, 5) is 14.8. The minimum atomic E-state index is -1.56. The third-order valence-electron chi connectivity index (χ3n) is 4.45. The SMILES string of the molecule is O=C1N(Cc2ccc(Cl)cc2Cl)c2c(Cl)ccc(Cl)c2C12OCCCO2. The van der Waals surface area contributed by atoms with Crippen LogP contribution in [0.25, 0.3) is 0 Å². The number of ether oxygens (including phenoxy) is 2. The predicted molar refractivity (Wildman–Crippen MR) is 102 cm³/mol. The Balaban J connectivity index is 1.84. The van der Waals surface area contributed by atoms with Crippen LogP contribution in [0.4, 0.5) is 5.69 Å². The normalized spacial score (nSPS) is 18.5. The molecule has 8 heteroatoms. The predicted octanol–water partition coefficient (Wildman–Crippen LogP) is 5.44. The molecule has 2 aromatic rings. The number of carbonyl (C=O) groups excluding carboxylic acids is 1. The zero-order chi connectivity index (χ0) is 18.5. The molecule has 0 unspecified atom stereocenters. The average molecular weight is 433 g/mol. The smallest absolute Gasteiger partial charge is 0.292 e. The fourth-order valence-corrected chi connectivity index (χ4v) is 4.28. The van der Waals surface area contributed by atoms with E-state index in [1.54, 1.807) is 30.3 Å². The summed E-state index contributed by atoms with van der Waals surface area (Å²) in [7, 11) is 0. The monoisotopic (exact) mass is 431 g/mol. The van der Waals surface area contributed by atoms with Crippen molar-refractivity contribution in [2.75, 3.05) is 18.1 Å². The van der Waals surface area contributed by atoms with E-state index < -0.39 is 5.79 Å². The molecule has 1 saturated heterocycles. The first-order valence-corrected chi connectivity index (χ1v) is 9.47. The van der Waals surface area contributed by atoms with Gasteiger partial charge in [0, 0.05) is 10.0 Å². The Morgan fingerprint density at radius 3 is 2.35 bits per heavy atom. The Labute approximate surface area is 170 Å². The minimum absolute atomic E-state index is 0.191. The largest absolute Gasteiger partial charge is 0.338 e. The maximum absolute atomic E-state index is 13.3. The van der Waals surface area contributed by atoms with E-state index >= 15 is 0 Å². The standard InChI is InChI=1S/C18H13Cl4NO3/c19-11-3-2-10(14(22)8-11)9-23-16-13(21)5-4-12(20)15(16)18(17(23)24)25-6-1-7-26-18/h2-5,8H,1,6-7,9H2. The molecule has 0 radical (unpaired) electrons. The van der Waals surface area contributed by atoms with Crippen molar-refractivity contribution < 1.29 is 14.3 Å². The molecular formula is C18H13Cl4NO3. The molecule has 136 valence electrons. The highest BCUT2D eigenvalue weighted by atomic mass is 35.5. The Hall–Kier alpha value is -1.01. The van der Waals surface area contributed by atoms with Crippen molar-refractivity contribution in [1.82, 2.24) is 0 Å². The van der Waals surface area contributed by atoms with Gasteiger partial charge in [-0.2, -0.15) is 0 Å². The lowest BCUT2D eigenvalue weighted by Gasteiger charge is -2.32. The van der Waals surface area contributed by atoms with Gasteiger partial charge < -0.3 is 14.4 Å². The third kappa shape index (κ3) is 2.80. The Kier molecular flexibility index (Phi) is 4.84. The van der Waals surface area contributed by atoms with E-state index in [-0.39, 0.29) is 12.5 Å². The molecule has 0 saturated carbocycles. The maximum atomic E-state index is 13.3. The second-order valence-electron chi connectivity index (χ2n) is 6.05. The number of nitrogens with zero attached hydrogens (tertiary/aromatic N) is 1. The summed E-state index contributed by atoms with van der Waals surface area (Å²) >= 11 is 25.1. The van der Waals surface area contributed by atoms with Gasteiger partial charge in [0.05, 0.1) is 41.1 Å². The van der Waals surface area contributed by atoms with Gasteiger partial charge in [0.2, 0.25) is 0 Å². The molecule has 0 atom stereocenters. The highest BCUT2D eigenvalue weighted by molar-refractivity contribution is 6.38. The van der Waals surface area contributed by atoms with E-state index in [0.717, 1.165) is 5.56 Å². The summed E-state index contributed by atoms with van der Waals surface area (Å²) in [6.45, 7) is 0.976. The highest BCUT2D eigenvalue weighted by Crippen LogP contribution is 2.51. The van der Waals surface area contributed by atoms with Crippen molar-refractivity contribution in [3.8, 4) is 0 Å². The number of benzene rings is 2. The molecule has 2 heterocycles. The van der Waals surface area contributed by atoms with E-state index in [1.807, 2.05) is 0 Å².